The van der Waals surface area contributed by atoms with Crippen molar-refractivity contribution < 1.29 is 9.53 Å². The van der Waals surface area contributed by atoms with Gasteiger partial charge in [-0.25, -0.2) is 0 Å². The third-order valence-corrected chi connectivity index (χ3v) is 2.66. The van der Waals surface area contributed by atoms with Gasteiger partial charge in [-0.05, 0) is 46.5 Å². The monoisotopic (exact) mass is 256 g/mol. The molecule has 0 saturated heterocycles. The van der Waals surface area contributed by atoms with Gasteiger partial charge in [-0.15, -0.1) is 0 Å². The molecule has 2 nitrogen and oxygen atoms in total. The number of carbonyl (C=O) groups excluding carboxylic acids is 1. The number of rotatable bonds is 5. The maximum atomic E-state index is 10.1. The topological polar surface area (TPSA) is 26.3 Å². The van der Waals surface area contributed by atoms with Crippen LogP contribution in [0.15, 0.2) is 22.7 Å². The molecule has 0 amide bonds. The van der Waals surface area contributed by atoms with Gasteiger partial charge >= 0.3 is 0 Å². The lowest BCUT2D eigenvalue weighted by Crippen LogP contribution is -1.89. The van der Waals surface area contributed by atoms with E-state index in [9.17, 15) is 4.79 Å². The first-order chi connectivity index (χ1) is 6.77. The van der Waals surface area contributed by atoms with Gasteiger partial charge in [0, 0.05) is 6.42 Å². The molecular formula is C11H13BrO2. The summed E-state index contributed by atoms with van der Waals surface area (Å²) in [6, 6.07) is 6.00. The van der Waals surface area contributed by atoms with E-state index in [4.69, 9.17) is 4.74 Å². The highest BCUT2D eigenvalue weighted by Gasteiger charge is 2.01. The van der Waals surface area contributed by atoms with E-state index in [1.165, 1.54) is 5.56 Å². The van der Waals surface area contributed by atoms with Crippen molar-refractivity contribution in [1.29, 1.82) is 0 Å². The lowest BCUT2D eigenvalue weighted by Gasteiger charge is -2.05. The van der Waals surface area contributed by atoms with Crippen LogP contribution in [0.2, 0.25) is 0 Å². The highest BCUT2D eigenvalue weighted by atomic mass is 79.9. The van der Waals surface area contributed by atoms with Gasteiger partial charge in [-0.2, -0.15) is 0 Å². The summed E-state index contributed by atoms with van der Waals surface area (Å²) in [5, 5.41) is 0. The van der Waals surface area contributed by atoms with Crippen LogP contribution in [-0.2, 0) is 11.2 Å². The molecule has 0 unspecified atom stereocenters. The number of unbranched alkanes of at least 4 members (excludes halogenated alkanes) is 1. The summed E-state index contributed by atoms with van der Waals surface area (Å²) < 4.78 is 6.13. The molecule has 0 bridgehead atoms. The molecule has 3 heteroatoms. The van der Waals surface area contributed by atoms with Crippen molar-refractivity contribution in [3.05, 3.63) is 28.2 Å². The van der Waals surface area contributed by atoms with E-state index < -0.39 is 0 Å². The molecule has 1 aromatic carbocycles. The summed E-state index contributed by atoms with van der Waals surface area (Å²) in [5.41, 5.74) is 1.20. The third-order valence-electron chi connectivity index (χ3n) is 2.00. The molecule has 0 aliphatic rings. The smallest absolute Gasteiger partial charge is 0.133 e. The fourth-order valence-corrected chi connectivity index (χ4v) is 1.66. The number of carbonyl (C=O) groups is 1. The van der Waals surface area contributed by atoms with Crippen LogP contribution in [0.4, 0.5) is 0 Å². The molecule has 0 N–H and O–H groups in total. The Kier molecular flexibility index (Phi) is 4.66. The van der Waals surface area contributed by atoms with E-state index in [0.29, 0.717) is 6.42 Å². The predicted octanol–water partition coefficient (Wildman–Crippen LogP) is 2.98. The Balaban J connectivity index is 2.64. The zero-order valence-corrected chi connectivity index (χ0v) is 9.71. The highest BCUT2D eigenvalue weighted by molar-refractivity contribution is 9.10. The summed E-state index contributed by atoms with van der Waals surface area (Å²) in [4.78, 5) is 10.1. The van der Waals surface area contributed by atoms with Crippen molar-refractivity contribution in [3.8, 4) is 5.75 Å². The molecule has 0 aliphatic heterocycles. The maximum absolute atomic E-state index is 10.1. The second kappa shape index (κ2) is 5.81. The van der Waals surface area contributed by atoms with Crippen molar-refractivity contribution in [2.24, 2.45) is 0 Å². The Bertz CT molecular complexity index is 310. The van der Waals surface area contributed by atoms with Crippen LogP contribution in [0.5, 0.6) is 5.75 Å². The number of methoxy groups -OCH3 is 1. The molecule has 0 aliphatic carbocycles. The van der Waals surface area contributed by atoms with E-state index in [0.717, 1.165) is 29.4 Å². The molecular weight excluding hydrogens is 244 g/mol. The summed E-state index contributed by atoms with van der Waals surface area (Å²) in [6.07, 6.45) is 3.39. The van der Waals surface area contributed by atoms with Crippen molar-refractivity contribution in [1.82, 2.24) is 0 Å². The first-order valence-corrected chi connectivity index (χ1v) is 5.33. The fraction of sp³-hybridized carbons (Fsp3) is 0.364. The Hall–Kier alpha value is -0.830. The van der Waals surface area contributed by atoms with Crippen LogP contribution in [0.25, 0.3) is 0 Å². The number of benzene rings is 1. The Morgan fingerprint density at radius 2 is 2.29 bits per heavy atom. The lowest BCUT2D eigenvalue weighted by atomic mass is 10.1. The Labute approximate surface area is 92.4 Å². The largest absolute Gasteiger partial charge is 0.496 e. The standard InChI is InChI=1S/C11H13BrO2/c1-14-11-8-9(4-2-3-7-13)5-6-10(11)12/h5-8H,2-4H2,1H3. The van der Waals surface area contributed by atoms with Crippen LogP contribution in [0, 0.1) is 0 Å². The first-order valence-electron chi connectivity index (χ1n) is 4.54. The number of aryl methyl sites for hydroxylation is 1. The number of hydrogen-bond donors (Lipinski definition) is 0. The van der Waals surface area contributed by atoms with E-state index in [2.05, 4.69) is 15.9 Å². The third kappa shape index (κ3) is 3.14. The number of ether oxygens (including phenoxy) is 1. The molecule has 0 radical (unpaired) electrons. The first kappa shape index (κ1) is 11.2. The molecule has 1 rings (SSSR count). The van der Waals surface area contributed by atoms with Gasteiger partial charge in [0.05, 0.1) is 11.6 Å². The van der Waals surface area contributed by atoms with Crippen molar-refractivity contribution >= 4 is 22.2 Å². The minimum absolute atomic E-state index is 0.623. The minimum Gasteiger partial charge on any atom is -0.496 e. The quantitative estimate of drug-likeness (QED) is 0.598. The van der Waals surface area contributed by atoms with Gasteiger partial charge in [-0.1, -0.05) is 6.07 Å². The van der Waals surface area contributed by atoms with Crippen LogP contribution in [0.1, 0.15) is 18.4 Å². The molecule has 0 atom stereocenters. The van der Waals surface area contributed by atoms with Gasteiger partial charge in [-0.3, -0.25) is 0 Å². The van der Waals surface area contributed by atoms with E-state index in [-0.39, 0.29) is 0 Å². The summed E-state index contributed by atoms with van der Waals surface area (Å²) in [7, 11) is 1.65. The summed E-state index contributed by atoms with van der Waals surface area (Å²) in [5.74, 6) is 0.841. The summed E-state index contributed by atoms with van der Waals surface area (Å²) in [6.45, 7) is 0. The van der Waals surface area contributed by atoms with E-state index >= 15 is 0 Å². The van der Waals surface area contributed by atoms with Gasteiger partial charge in [0.1, 0.15) is 12.0 Å². The van der Waals surface area contributed by atoms with E-state index in [1.54, 1.807) is 7.11 Å². The van der Waals surface area contributed by atoms with Gasteiger partial charge < -0.3 is 9.53 Å². The highest BCUT2D eigenvalue weighted by Crippen LogP contribution is 2.26. The molecule has 0 spiro atoms. The Morgan fingerprint density at radius 3 is 2.93 bits per heavy atom. The van der Waals surface area contributed by atoms with Crippen LogP contribution < -0.4 is 4.74 Å². The zero-order chi connectivity index (χ0) is 10.4. The molecule has 14 heavy (non-hydrogen) atoms. The Morgan fingerprint density at radius 1 is 1.50 bits per heavy atom. The lowest BCUT2D eigenvalue weighted by molar-refractivity contribution is -0.107. The van der Waals surface area contributed by atoms with Gasteiger partial charge in [0.2, 0.25) is 0 Å². The van der Waals surface area contributed by atoms with Crippen molar-refractivity contribution in [3.63, 3.8) is 0 Å². The van der Waals surface area contributed by atoms with Gasteiger partial charge in [0.15, 0.2) is 0 Å². The van der Waals surface area contributed by atoms with Crippen LogP contribution in [-0.4, -0.2) is 13.4 Å². The van der Waals surface area contributed by atoms with Crippen molar-refractivity contribution in [2.75, 3.05) is 7.11 Å². The molecule has 0 aromatic heterocycles. The van der Waals surface area contributed by atoms with Gasteiger partial charge in [0.25, 0.3) is 0 Å². The molecule has 1 aromatic rings. The SMILES string of the molecule is COc1cc(CCCC=O)ccc1Br. The molecule has 0 fully saturated rings. The summed E-state index contributed by atoms with van der Waals surface area (Å²) >= 11 is 3.39. The second-order valence-corrected chi connectivity index (χ2v) is 3.88. The molecule has 0 saturated carbocycles. The minimum atomic E-state index is 0.623. The number of halogens is 1. The fourth-order valence-electron chi connectivity index (χ4n) is 1.25. The van der Waals surface area contributed by atoms with E-state index in [1.807, 2.05) is 18.2 Å². The maximum Gasteiger partial charge on any atom is 0.133 e. The molecule has 76 valence electrons. The second-order valence-electron chi connectivity index (χ2n) is 3.03. The predicted molar refractivity (Wildman–Crippen MR) is 59.7 cm³/mol. The number of aldehydes is 1. The molecule has 0 heterocycles. The average molecular weight is 257 g/mol. The van der Waals surface area contributed by atoms with Crippen LogP contribution in [0.3, 0.4) is 0 Å². The average Bonchev–Trinajstić information content (AvgIpc) is 2.21. The number of hydrogen-bond acceptors (Lipinski definition) is 2. The van der Waals surface area contributed by atoms with Crippen molar-refractivity contribution in [2.45, 2.75) is 19.3 Å². The van der Waals surface area contributed by atoms with Crippen LogP contribution >= 0.6 is 15.9 Å². The zero-order valence-electron chi connectivity index (χ0n) is 8.13. The normalized spacial score (nSPS) is 9.86.